The molecular formula is C23H20N4O5. The first-order valence-electron chi connectivity index (χ1n) is 9.82. The zero-order chi connectivity index (χ0) is 22.8. The van der Waals surface area contributed by atoms with Crippen molar-refractivity contribution in [2.45, 2.75) is 20.8 Å². The SMILES string of the molecule is Cc1cc(C)c(OCC(=O)Nc2cc(-c3nc4ncccc4o3)ccc2C)c([N+](=O)[O-])c1. The summed E-state index contributed by atoms with van der Waals surface area (Å²) in [6.07, 6.45) is 1.63. The minimum absolute atomic E-state index is 0.0835. The van der Waals surface area contributed by atoms with Crippen molar-refractivity contribution in [3.63, 3.8) is 0 Å². The molecule has 4 rings (SSSR count). The van der Waals surface area contributed by atoms with Crippen molar-refractivity contribution in [3.8, 4) is 17.2 Å². The number of benzene rings is 2. The first-order valence-corrected chi connectivity index (χ1v) is 9.82. The Balaban J connectivity index is 1.52. The highest BCUT2D eigenvalue weighted by atomic mass is 16.6. The number of nitrogens with zero attached hydrogens (tertiary/aromatic N) is 3. The van der Waals surface area contributed by atoms with Crippen molar-refractivity contribution in [1.82, 2.24) is 9.97 Å². The molecule has 2 aromatic heterocycles. The number of nitro benzene ring substituents is 1. The summed E-state index contributed by atoms with van der Waals surface area (Å²) in [6, 6.07) is 12.1. The van der Waals surface area contributed by atoms with Gasteiger partial charge in [-0.15, -0.1) is 0 Å². The second-order valence-corrected chi connectivity index (χ2v) is 7.40. The van der Waals surface area contributed by atoms with Crippen molar-refractivity contribution in [2.24, 2.45) is 0 Å². The summed E-state index contributed by atoms with van der Waals surface area (Å²) in [4.78, 5) is 31.9. The van der Waals surface area contributed by atoms with Crippen LogP contribution in [0.25, 0.3) is 22.7 Å². The standard InChI is InChI=1S/C23H20N4O5/c1-13-9-15(3)21(18(10-13)27(29)30)31-12-20(28)25-17-11-16(7-6-14(17)2)23-26-22-19(32-23)5-4-8-24-22/h4-11H,12H2,1-3H3,(H,25,28). The number of hydrogen-bond donors (Lipinski definition) is 1. The summed E-state index contributed by atoms with van der Waals surface area (Å²) < 4.78 is 11.3. The van der Waals surface area contributed by atoms with Gasteiger partial charge in [-0.3, -0.25) is 14.9 Å². The Morgan fingerprint density at radius 3 is 2.72 bits per heavy atom. The smallest absolute Gasteiger partial charge is 0.311 e. The highest BCUT2D eigenvalue weighted by Crippen LogP contribution is 2.32. The van der Waals surface area contributed by atoms with E-state index in [9.17, 15) is 14.9 Å². The van der Waals surface area contributed by atoms with Crippen LogP contribution >= 0.6 is 0 Å². The molecule has 0 saturated heterocycles. The maximum absolute atomic E-state index is 12.5. The number of oxazole rings is 1. The fourth-order valence-electron chi connectivity index (χ4n) is 3.36. The Morgan fingerprint density at radius 1 is 1.16 bits per heavy atom. The number of carbonyl (C=O) groups is 1. The highest BCUT2D eigenvalue weighted by molar-refractivity contribution is 5.93. The number of nitrogens with one attached hydrogen (secondary N) is 1. The number of pyridine rings is 1. The third kappa shape index (κ3) is 4.27. The van der Waals surface area contributed by atoms with Crippen LogP contribution < -0.4 is 10.1 Å². The maximum Gasteiger partial charge on any atom is 0.311 e. The molecule has 0 fully saturated rings. The molecule has 1 amide bonds. The van der Waals surface area contributed by atoms with Gasteiger partial charge in [-0.25, -0.2) is 4.98 Å². The molecule has 0 aliphatic rings. The lowest BCUT2D eigenvalue weighted by Gasteiger charge is -2.12. The molecule has 0 spiro atoms. The normalized spacial score (nSPS) is 10.8. The van der Waals surface area contributed by atoms with Gasteiger partial charge >= 0.3 is 5.69 Å². The van der Waals surface area contributed by atoms with Gasteiger partial charge in [0.15, 0.2) is 17.8 Å². The second kappa shape index (κ2) is 8.46. The summed E-state index contributed by atoms with van der Waals surface area (Å²) in [5.74, 6) is 0.0234. The molecule has 4 aromatic rings. The van der Waals surface area contributed by atoms with Gasteiger partial charge < -0.3 is 14.5 Å². The first kappa shape index (κ1) is 21.0. The van der Waals surface area contributed by atoms with Crippen molar-refractivity contribution in [1.29, 1.82) is 0 Å². The minimum Gasteiger partial charge on any atom is -0.477 e. The number of aryl methyl sites for hydroxylation is 3. The molecule has 0 aliphatic heterocycles. The van der Waals surface area contributed by atoms with E-state index in [1.165, 1.54) is 6.07 Å². The highest BCUT2D eigenvalue weighted by Gasteiger charge is 2.20. The second-order valence-electron chi connectivity index (χ2n) is 7.40. The Kier molecular flexibility index (Phi) is 5.55. The summed E-state index contributed by atoms with van der Waals surface area (Å²) in [5, 5.41) is 14.1. The van der Waals surface area contributed by atoms with E-state index >= 15 is 0 Å². The Morgan fingerprint density at radius 2 is 1.97 bits per heavy atom. The van der Waals surface area contributed by atoms with Gasteiger partial charge in [0.1, 0.15) is 0 Å². The number of nitro groups is 1. The van der Waals surface area contributed by atoms with Gasteiger partial charge in [0.25, 0.3) is 5.91 Å². The van der Waals surface area contributed by atoms with E-state index in [0.29, 0.717) is 33.9 Å². The Bertz CT molecular complexity index is 1310. The average Bonchev–Trinajstić information content (AvgIpc) is 3.18. The fourth-order valence-corrected chi connectivity index (χ4v) is 3.36. The molecule has 0 aliphatic carbocycles. The third-order valence-corrected chi connectivity index (χ3v) is 4.87. The largest absolute Gasteiger partial charge is 0.477 e. The van der Waals surface area contributed by atoms with Crippen molar-refractivity contribution in [3.05, 3.63) is 75.5 Å². The van der Waals surface area contributed by atoms with E-state index in [-0.39, 0.29) is 18.0 Å². The lowest BCUT2D eigenvalue weighted by atomic mass is 10.1. The molecule has 32 heavy (non-hydrogen) atoms. The number of fused-ring (bicyclic) bond motifs is 1. The molecule has 0 saturated carbocycles. The molecule has 0 unspecified atom stereocenters. The molecule has 9 heteroatoms. The molecule has 162 valence electrons. The van der Waals surface area contributed by atoms with Crippen LogP contribution in [0, 0.1) is 30.9 Å². The molecule has 0 atom stereocenters. The number of amides is 1. The Labute approximate surface area is 183 Å². The number of hydrogen-bond acceptors (Lipinski definition) is 7. The van der Waals surface area contributed by atoms with Crippen LogP contribution in [-0.2, 0) is 4.79 Å². The minimum atomic E-state index is -0.518. The average molecular weight is 432 g/mol. The van der Waals surface area contributed by atoms with Gasteiger partial charge in [0.05, 0.1) is 4.92 Å². The van der Waals surface area contributed by atoms with E-state index in [0.717, 1.165) is 11.1 Å². The third-order valence-electron chi connectivity index (χ3n) is 4.87. The monoisotopic (exact) mass is 432 g/mol. The van der Waals surface area contributed by atoms with Crippen LogP contribution in [0.15, 0.2) is 53.1 Å². The topological polar surface area (TPSA) is 120 Å². The van der Waals surface area contributed by atoms with E-state index < -0.39 is 10.8 Å². The van der Waals surface area contributed by atoms with Crippen LogP contribution in [0.4, 0.5) is 11.4 Å². The quantitative estimate of drug-likeness (QED) is 0.345. The van der Waals surface area contributed by atoms with E-state index in [2.05, 4.69) is 15.3 Å². The predicted octanol–water partition coefficient (Wildman–Crippen LogP) is 4.74. The van der Waals surface area contributed by atoms with Gasteiger partial charge in [0, 0.05) is 23.5 Å². The van der Waals surface area contributed by atoms with Crippen molar-refractivity contribution < 1.29 is 18.9 Å². The molecule has 9 nitrogen and oxygen atoms in total. The number of rotatable bonds is 6. The van der Waals surface area contributed by atoms with Crippen LogP contribution in [0.3, 0.4) is 0 Å². The molecule has 2 aromatic carbocycles. The molecule has 0 radical (unpaired) electrons. The van der Waals surface area contributed by atoms with Gasteiger partial charge in [0.2, 0.25) is 11.6 Å². The fraction of sp³-hybridized carbons (Fsp3) is 0.174. The Hall–Kier alpha value is -4.27. The number of ether oxygens (including phenoxy) is 1. The van der Waals surface area contributed by atoms with Crippen LogP contribution in [-0.4, -0.2) is 27.4 Å². The summed E-state index contributed by atoms with van der Waals surface area (Å²) in [7, 11) is 0. The lowest BCUT2D eigenvalue weighted by molar-refractivity contribution is -0.385. The molecule has 1 N–H and O–H groups in total. The number of aromatic nitrogens is 2. The van der Waals surface area contributed by atoms with Gasteiger partial charge in [-0.2, -0.15) is 4.98 Å². The zero-order valence-corrected chi connectivity index (χ0v) is 17.7. The van der Waals surface area contributed by atoms with Crippen molar-refractivity contribution in [2.75, 3.05) is 11.9 Å². The lowest BCUT2D eigenvalue weighted by Crippen LogP contribution is -2.21. The molecule has 2 heterocycles. The van der Waals surface area contributed by atoms with Gasteiger partial charge in [-0.1, -0.05) is 12.1 Å². The van der Waals surface area contributed by atoms with E-state index in [1.54, 1.807) is 44.3 Å². The summed E-state index contributed by atoms with van der Waals surface area (Å²) in [5.41, 5.74) is 4.29. The maximum atomic E-state index is 12.5. The van der Waals surface area contributed by atoms with Crippen LogP contribution in [0.5, 0.6) is 5.75 Å². The number of anilines is 1. The molecular weight excluding hydrogens is 412 g/mol. The number of carbonyl (C=O) groups excluding carboxylic acids is 1. The predicted molar refractivity (Wildman–Crippen MR) is 119 cm³/mol. The van der Waals surface area contributed by atoms with Gasteiger partial charge in [-0.05, 0) is 61.7 Å². The molecule has 0 bridgehead atoms. The van der Waals surface area contributed by atoms with Crippen molar-refractivity contribution >= 4 is 28.5 Å². The van der Waals surface area contributed by atoms with Crippen LogP contribution in [0.1, 0.15) is 16.7 Å². The van der Waals surface area contributed by atoms with E-state index in [4.69, 9.17) is 9.15 Å². The summed E-state index contributed by atoms with van der Waals surface area (Å²) in [6.45, 7) is 4.94. The van der Waals surface area contributed by atoms with E-state index in [1.807, 2.05) is 19.1 Å². The first-order chi connectivity index (χ1) is 15.3. The zero-order valence-electron chi connectivity index (χ0n) is 17.7. The summed E-state index contributed by atoms with van der Waals surface area (Å²) >= 11 is 0. The van der Waals surface area contributed by atoms with Crippen LogP contribution in [0.2, 0.25) is 0 Å².